The number of halogens is 3. The van der Waals surface area contributed by atoms with Gasteiger partial charge in [0.05, 0.1) is 17.8 Å². The van der Waals surface area contributed by atoms with Crippen molar-refractivity contribution in [2.45, 2.75) is 19.4 Å². The molecular weight excluding hydrogens is 335 g/mol. The molecule has 126 valence electrons. The summed E-state index contributed by atoms with van der Waals surface area (Å²) in [6.07, 6.45) is 1.29. The van der Waals surface area contributed by atoms with Crippen molar-refractivity contribution in [1.82, 2.24) is 4.98 Å². The normalized spacial score (nSPS) is 15.0. The number of nitrogens with zero attached hydrogens (tertiary/aromatic N) is 3. The van der Waals surface area contributed by atoms with Gasteiger partial charge in [0.2, 0.25) is 0 Å². The number of fused-ring (bicyclic) bond motifs is 1. The highest BCUT2D eigenvalue weighted by Gasteiger charge is 2.55. The maximum absolute atomic E-state index is 14.5. The second-order valence-electron chi connectivity index (χ2n) is 5.50. The number of rotatable bonds is 3. The average molecular weight is 345 g/mol. The van der Waals surface area contributed by atoms with Gasteiger partial charge < -0.3 is 0 Å². The Bertz CT molecular complexity index is 951. The summed E-state index contributed by atoms with van der Waals surface area (Å²) in [6, 6.07) is 6.36. The van der Waals surface area contributed by atoms with Gasteiger partial charge in [-0.25, -0.2) is 9.37 Å². The van der Waals surface area contributed by atoms with E-state index >= 15 is 0 Å². The van der Waals surface area contributed by atoms with Crippen molar-refractivity contribution in [2.75, 3.05) is 4.90 Å². The van der Waals surface area contributed by atoms with Gasteiger partial charge >= 0.3 is 11.8 Å². The van der Waals surface area contributed by atoms with Gasteiger partial charge in [-0.3, -0.25) is 14.5 Å². The van der Waals surface area contributed by atoms with Crippen LogP contribution < -0.4 is 4.90 Å². The third-order valence-electron chi connectivity index (χ3n) is 3.89. The van der Waals surface area contributed by atoms with Crippen LogP contribution in [0, 0.1) is 17.1 Å². The molecule has 2 heterocycles. The Hall–Kier alpha value is -3.21. The molecule has 0 spiro atoms. The number of aromatic nitrogens is 1. The van der Waals surface area contributed by atoms with Gasteiger partial charge in [0.15, 0.2) is 5.78 Å². The number of Topliss-reactive ketones (excluding diaryl/α,β-unsaturated/α-hetero) is 1. The Morgan fingerprint density at radius 2 is 2.08 bits per heavy atom. The smallest absolute Gasteiger partial charge is 0.299 e. The summed E-state index contributed by atoms with van der Waals surface area (Å²) in [5.41, 5.74) is -1.56. The summed E-state index contributed by atoms with van der Waals surface area (Å²) in [4.78, 5) is 28.2. The lowest BCUT2D eigenvalue weighted by molar-refractivity contribution is -0.141. The number of hydrogen-bond acceptors (Lipinski definition) is 4. The quantitative estimate of drug-likeness (QED) is 0.802. The minimum atomic E-state index is -4.01. The molecule has 0 radical (unpaired) electrons. The summed E-state index contributed by atoms with van der Waals surface area (Å²) in [5.74, 6) is -7.35. The van der Waals surface area contributed by atoms with Crippen molar-refractivity contribution in [2.24, 2.45) is 0 Å². The fraction of sp³-hybridized carbons (Fsp3) is 0.176. The molecule has 1 aromatic heterocycles. The molecule has 1 aliphatic heterocycles. The second kappa shape index (κ2) is 5.70. The highest BCUT2D eigenvalue weighted by Crippen LogP contribution is 2.48. The number of hydrogen-bond donors (Lipinski definition) is 0. The lowest BCUT2D eigenvalue weighted by Gasteiger charge is -2.18. The van der Waals surface area contributed by atoms with E-state index in [0.717, 1.165) is 19.1 Å². The number of alkyl halides is 2. The maximum Gasteiger partial charge on any atom is 0.353 e. The monoisotopic (exact) mass is 345 g/mol. The van der Waals surface area contributed by atoms with E-state index in [4.69, 9.17) is 5.26 Å². The van der Waals surface area contributed by atoms with Crippen LogP contribution in [-0.4, -0.2) is 16.7 Å². The van der Waals surface area contributed by atoms with Crippen molar-refractivity contribution in [3.63, 3.8) is 0 Å². The largest absolute Gasteiger partial charge is 0.353 e. The number of amides is 1. The van der Waals surface area contributed by atoms with Gasteiger partial charge in [-0.15, -0.1) is 0 Å². The molecule has 5 nitrogen and oxygen atoms in total. The van der Waals surface area contributed by atoms with Crippen LogP contribution >= 0.6 is 0 Å². The standard InChI is InChI=1S/C17H10F3N3O2/c1-9(24)12-2-3-13(18)15-14(12)17(19,20)16(25)23(15)8-10-4-5-22-11(6-10)7-21/h2-6H,8H2,1H3. The lowest BCUT2D eigenvalue weighted by Crippen LogP contribution is -2.34. The molecule has 1 aliphatic rings. The number of anilines is 1. The van der Waals surface area contributed by atoms with Gasteiger partial charge in [-0.2, -0.15) is 14.0 Å². The van der Waals surface area contributed by atoms with E-state index in [0.29, 0.717) is 10.5 Å². The van der Waals surface area contributed by atoms with Crippen LogP contribution in [0.5, 0.6) is 0 Å². The van der Waals surface area contributed by atoms with Gasteiger partial charge in [0.1, 0.15) is 17.6 Å². The molecule has 0 saturated carbocycles. The van der Waals surface area contributed by atoms with E-state index in [2.05, 4.69) is 4.98 Å². The Kier molecular flexibility index (Phi) is 3.80. The predicted octanol–water partition coefficient (Wildman–Crippen LogP) is 2.93. The van der Waals surface area contributed by atoms with Crippen LogP contribution in [0.3, 0.4) is 0 Å². The summed E-state index contributed by atoms with van der Waals surface area (Å²) in [6.45, 7) is 0.690. The van der Waals surface area contributed by atoms with Crippen LogP contribution in [0.15, 0.2) is 30.5 Å². The first-order chi connectivity index (χ1) is 11.8. The average Bonchev–Trinajstić information content (AvgIpc) is 2.77. The Morgan fingerprint density at radius 3 is 2.72 bits per heavy atom. The molecule has 0 bridgehead atoms. The van der Waals surface area contributed by atoms with E-state index in [9.17, 15) is 22.8 Å². The van der Waals surface area contributed by atoms with E-state index in [-0.39, 0.29) is 12.2 Å². The van der Waals surface area contributed by atoms with E-state index in [1.807, 2.05) is 0 Å². The minimum absolute atomic E-state index is 0.0362. The first-order valence-electron chi connectivity index (χ1n) is 7.16. The zero-order chi connectivity index (χ0) is 18.4. The second-order valence-corrected chi connectivity index (χ2v) is 5.50. The van der Waals surface area contributed by atoms with Gasteiger partial charge in [0.25, 0.3) is 0 Å². The first-order valence-corrected chi connectivity index (χ1v) is 7.16. The molecule has 0 saturated heterocycles. The highest BCUT2D eigenvalue weighted by atomic mass is 19.3. The van der Waals surface area contributed by atoms with Crippen molar-refractivity contribution >= 4 is 17.4 Å². The molecular formula is C17H10F3N3O2. The zero-order valence-electron chi connectivity index (χ0n) is 12.9. The third kappa shape index (κ3) is 2.54. The molecule has 1 aromatic carbocycles. The fourth-order valence-electron chi connectivity index (χ4n) is 2.79. The van der Waals surface area contributed by atoms with Crippen LogP contribution in [-0.2, 0) is 17.3 Å². The topological polar surface area (TPSA) is 74.1 Å². The van der Waals surface area contributed by atoms with Crippen LogP contribution in [0.1, 0.15) is 34.1 Å². The van der Waals surface area contributed by atoms with Crippen molar-refractivity contribution in [3.05, 3.63) is 58.7 Å². The number of carbonyl (C=O) groups is 2. The zero-order valence-corrected chi connectivity index (χ0v) is 12.9. The molecule has 0 aliphatic carbocycles. The Balaban J connectivity index is 2.15. The lowest BCUT2D eigenvalue weighted by atomic mass is 9.99. The number of carbonyl (C=O) groups excluding carboxylic acids is 2. The molecule has 0 fully saturated rings. The number of nitriles is 1. The number of pyridine rings is 1. The SMILES string of the molecule is CC(=O)c1ccc(F)c2c1C(F)(F)C(=O)N2Cc1ccnc(C#N)c1. The molecule has 0 unspecified atom stereocenters. The molecule has 8 heteroatoms. The van der Waals surface area contributed by atoms with Gasteiger partial charge in [-0.05, 0) is 36.8 Å². The number of ketones is 1. The third-order valence-corrected chi connectivity index (χ3v) is 3.89. The summed E-state index contributed by atoms with van der Waals surface area (Å²) < 4.78 is 43.2. The Labute approximate surface area is 140 Å². The van der Waals surface area contributed by atoms with Crippen LogP contribution in [0.4, 0.5) is 18.9 Å². The van der Waals surface area contributed by atoms with E-state index < -0.39 is 40.2 Å². The van der Waals surface area contributed by atoms with Gasteiger partial charge in [0, 0.05) is 11.8 Å². The predicted molar refractivity (Wildman–Crippen MR) is 80.4 cm³/mol. The summed E-state index contributed by atoms with van der Waals surface area (Å²) >= 11 is 0. The van der Waals surface area contributed by atoms with Crippen molar-refractivity contribution < 1.29 is 22.8 Å². The molecule has 2 aromatic rings. The Morgan fingerprint density at radius 1 is 1.36 bits per heavy atom. The minimum Gasteiger partial charge on any atom is -0.299 e. The van der Waals surface area contributed by atoms with Crippen molar-refractivity contribution in [3.8, 4) is 6.07 Å². The molecule has 25 heavy (non-hydrogen) atoms. The van der Waals surface area contributed by atoms with E-state index in [1.165, 1.54) is 18.3 Å². The summed E-state index contributed by atoms with van der Waals surface area (Å²) in [5, 5.41) is 8.85. The maximum atomic E-state index is 14.5. The molecule has 3 rings (SSSR count). The van der Waals surface area contributed by atoms with Crippen LogP contribution in [0.2, 0.25) is 0 Å². The number of benzene rings is 1. The molecule has 0 N–H and O–H groups in total. The highest BCUT2D eigenvalue weighted by molar-refractivity contribution is 6.10. The fourth-order valence-corrected chi connectivity index (χ4v) is 2.79. The first kappa shape index (κ1) is 16.6. The molecule has 1 amide bonds. The molecule has 0 atom stereocenters. The van der Waals surface area contributed by atoms with Crippen LogP contribution in [0.25, 0.3) is 0 Å². The van der Waals surface area contributed by atoms with Gasteiger partial charge in [-0.1, -0.05) is 0 Å². The van der Waals surface area contributed by atoms with Crippen molar-refractivity contribution in [1.29, 1.82) is 5.26 Å². The van der Waals surface area contributed by atoms with E-state index in [1.54, 1.807) is 6.07 Å². The summed E-state index contributed by atoms with van der Waals surface area (Å²) in [7, 11) is 0.